The van der Waals surface area contributed by atoms with Crippen molar-refractivity contribution in [3.05, 3.63) is 0 Å². The number of nitrogens with one attached hydrogen (secondary N) is 6. The largest absolute Gasteiger partial charge is 0.368 e. The smallest absolute Gasteiger partial charge is 0.250 e. The second-order valence-corrected chi connectivity index (χ2v) is 45.0. The Morgan fingerprint density at radius 3 is 0.800 bits per heavy atom. The lowest BCUT2D eigenvalue weighted by atomic mass is 9.88. The second-order valence-electron chi connectivity index (χ2n) is 45.0. The Kier molecular flexibility index (Phi) is 41.5. The Hall–Kier alpha value is -3.42. The first-order chi connectivity index (χ1) is 50.3. The van der Waals surface area contributed by atoms with Crippen LogP contribution in [0.25, 0.3) is 0 Å². The molecule has 18 nitrogen and oxygen atoms in total. The third kappa shape index (κ3) is 51.5. The van der Waals surface area contributed by atoms with Gasteiger partial charge in [0.15, 0.2) is 0 Å². The van der Waals surface area contributed by atoms with Gasteiger partial charge < -0.3 is 60.3 Å². The standard InChI is InChI=1S/C18H33NO2.C17H33NO2.C15H27NO2.C15H29NO2.C14H27NO2.C13H25NO2/c1-18(2,3)19-17(20)16(12-14-8-4-5-9-14)21-13-15-10-6-7-11-15;1-16(2,3)11-14(15(19)18-17(4,5)6)20-12-13-9-7-8-10-13;1-10-7-12(10)8-13(18-9-11-5-6-11)14(17)16-15(2,3)4;1-14(2,3)9-12(18-10-11-7-8-11)13(17)16-15(4,5)6;1-13(2,3)11(17-9-10-7-8-10)12(16)15-14(4,5)6;1-9(2)11(16-8-10-6-7-10)12(15)14-13(3,4)5/h14-16H,4-13H2,1-3H3,(H,19,20);13-14H,7-12H2,1-6H3,(H,18,19);10-13H,5-9H2,1-4H3,(H,16,17);11-12H,7-10H2,1-6H3,(H,16,17);10-11H,7-9H2,1-6H3,(H,15,16);9-11H,6-8H2,1-5H3,(H,14,15). The van der Waals surface area contributed by atoms with Gasteiger partial charge in [-0.3, -0.25) is 28.8 Å². The molecule has 0 bridgehead atoms. The molecule has 8 aliphatic carbocycles. The van der Waals surface area contributed by atoms with E-state index >= 15 is 0 Å². The average Bonchev–Trinajstić information content (AvgIpc) is 1.62. The zero-order valence-corrected chi connectivity index (χ0v) is 76.6. The minimum absolute atomic E-state index is 0.00523. The van der Waals surface area contributed by atoms with E-state index in [4.69, 9.17) is 28.4 Å². The molecule has 0 heterocycles. The first kappa shape index (κ1) is 101. The maximum atomic E-state index is 12.5. The summed E-state index contributed by atoms with van der Waals surface area (Å²) in [6.07, 6.45) is 28.4. The lowest BCUT2D eigenvalue weighted by molar-refractivity contribution is -0.142. The van der Waals surface area contributed by atoms with E-state index in [1.807, 2.05) is 159 Å². The van der Waals surface area contributed by atoms with Gasteiger partial charge in [0.05, 0.1) is 39.6 Å². The minimum atomic E-state index is -0.359. The molecule has 6 N–H and O–H groups in total. The second kappa shape index (κ2) is 45.3. The maximum absolute atomic E-state index is 12.5. The molecule has 0 radical (unpaired) electrons. The van der Waals surface area contributed by atoms with Crippen molar-refractivity contribution < 1.29 is 57.2 Å². The number of ether oxygens (including phenoxy) is 6. The van der Waals surface area contributed by atoms with E-state index in [-0.39, 0.29) is 127 Å². The summed E-state index contributed by atoms with van der Waals surface area (Å²) in [4.78, 5) is 73.6. The highest BCUT2D eigenvalue weighted by Crippen LogP contribution is 2.43. The van der Waals surface area contributed by atoms with Gasteiger partial charge in [-0.05, 0) is 309 Å². The van der Waals surface area contributed by atoms with Gasteiger partial charge in [-0.25, -0.2) is 0 Å². The molecular formula is C92H174N6O12. The number of rotatable bonds is 31. The summed E-state index contributed by atoms with van der Waals surface area (Å²) in [7, 11) is 0. The van der Waals surface area contributed by atoms with Gasteiger partial charge in [-0.1, -0.05) is 134 Å². The molecule has 0 aromatic carbocycles. The molecule has 0 aliphatic heterocycles. The number of hydrogen-bond donors (Lipinski definition) is 6. The fraction of sp³-hybridized carbons (Fsp3) is 0.935. The van der Waals surface area contributed by atoms with Crippen LogP contribution in [0.1, 0.15) is 368 Å². The molecule has 0 aromatic rings. The van der Waals surface area contributed by atoms with Crippen molar-refractivity contribution in [1.82, 2.24) is 31.9 Å². The molecule has 8 unspecified atom stereocenters. The third-order valence-electron chi connectivity index (χ3n) is 20.3. The van der Waals surface area contributed by atoms with Gasteiger partial charge in [0, 0.05) is 33.2 Å². The van der Waals surface area contributed by atoms with Crippen LogP contribution < -0.4 is 31.9 Å². The van der Waals surface area contributed by atoms with Crippen molar-refractivity contribution in [1.29, 1.82) is 0 Å². The molecule has 8 atom stereocenters. The number of carbonyl (C=O) groups excluding carboxylic acids is 6. The topological polar surface area (TPSA) is 230 Å². The Morgan fingerprint density at radius 2 is 0.536 bits per heavy atom. The Morgan fingerprint density at radius 1 is 0.300 bits per heavy atom. The van der Waals surface area contributed by atoms with Crippen LogP contribution in [0.3, 0.4) is 0 Å². The van der Waals surface area contributed by atoms with E-state index in [0.717, 1.165) is 71.2 Å². The summed E-state index contributed by atoms with van der Waals surface area (Å²) in [5.41, 5.74) is -1.12. The van der Waals surface area contributed by atoms with Crippen molar-refractivity contribution in [2.75, 3.05) is 39.6 Å². The molecule has 644 valence electrons. The van der Waals surface area contributed by atoms with E-state index < -0.39 is 0 Å². The van der Waals surface area contributed by atoms with Crippen molar-refractivity contribution in [2.24, 2.45) is 75.4 Å². The van der Waals surface area contributed by atoms with Crippen LogP contribution in [0.4, 0.5) is 0 Å². The summed E-state index contributed by atoms with van der Waals surface area (Å²) in [5, 5.41) is 18.2. The number of amides is 6. The molecule has 110 heavy (non-hydrogen) atoms. The van der Waals surface area contributed by atoms with E-state index in [0.29, 0.717) is 47.3 Å². The molecule has 8 aliphatic rings. The minimum Gasteiger partial charge on any atom is -0.368 e. The van der Waals surface area contributed by atoms with Crippen LogP contribution in [0.5, 0.6) is 0 Å². The quantitative estimate of drug-likeness (QED) is 0.0381. The summed E-state index contributed by atoms with van der Waals surface area (Å²) < 4.78 is 35.3. The van der Waals surface area contributed by atoms with Crippen molar-refractivity contribution in [2.45, 2.75) is 438 Å². The number of hydrogen-bond acceptors (Lipinski definition) is 12. The summed E-state index contributed by atoms with van der Waals surface area (Å²) in [5.74, 6) is 6.74. The van der Waals surface area contributed by atoms with Gasteiger partial charge in [0.25, 0.3) is 0 Å². The molecule has 8 rings (SSSR count). The predicted molar refractivity (Wildman–Crippen MR) is 452 cm³/mol. The zero-order valence-electron chi connectivity index (χ0n) is 76.6. The van der Waals surface area contributed by atoms with Gasteiger partial charge in [0.2, 0.25) is 35.4 Å². The first-order valence-corrected chi connectivity index (χ1v) is 43.9. The van der Waals surface area contributed by atoms with E-state index in [1.54, 1.807) is 0 Å². The Balaban J connectivity index is 0.000000343. The lowest BCUT2D eigenvalue weighted by Crippen LogP contribution is -2.51. The van der Waals surface area contributed by atoms with Crippen molar-refractivity contribution in [3.63, 3.8) is 0 Å². The molecular weight excluding hydrogens is 1380 g/mol. The summed E-state index contributed by atoms with van der Waals surface area (Å²) in [6.45, 7) is 66.0. The highest BCUT2D eigenvalue weighted by molar-refractivity contribution is 5.84. The van der Waals surface area contributed by atoms with Crippen LogP contribution in [0.2, 0.25) is 0 Å². The molecule has 8 saturated carbocycles. The van der Waals surface area contributed by atoms with Gasteiger partial charge in [0.1, 0.15) is 36.6 Å². The highest BCUT2D eigenvalue weighted by atomic mass is 16.5. The monoisotopic (exact) mass is 1560 g/mol. The fourth-order valence-corrected chi connectivity index (χ4v) is 13.6. The van der Waals surface area contributed by atoms with Crippen LogP contribution >= 0.6 is 0 Å². The number of carbonyl (C=O) groups is 6. The molecule has 0 saturated heterocycles. The van der Waals surface area contributed by atoms with E-state index in [9.17, 15) is 28.8 Å². The van der Waals surface area contributed by atoms with E-state index in [2.05, 4.69) is 80.4 Å². The predicted octanol–water partition coefficient (Wildman–Crippen LogP) is 18.9. The highest BCUT2D eigenvalue weighted by Gasteiger charge is 2.41. The normalized spacial score (nSPS) is 21.2. The molecule has 8 fully saturated rings. The van der Waals surface area contributed by atoms with Crippen LogP contribution in [0.15, 0.2) is 0 Å². The summed E-state index contributed by atoms with van der Waals surface area (Å²) >= 11 is 0. The molecule has 18 heteroatoms. The zero-order chi connectivity index (χ0) is 83.6. The average molecular weight is 1560 g/mol. The Bertz CT molecular complexity index is 2660. The van der Waals surface area contributed by atoms with Crippen LogP contribution in [-0.2, 0) is 57.2 Å². The van der Waals surface area contributed by atoms with Crippen LogP contribution in [0, 0.1) is 75.4 Å². The maximum Gasteiger partial charge on any atom is 0.250 e. The summed E-state index contributed by atoms with van der Waals surface area (Å²) in [6, 6.07) is 0. The SMILES string of the molecule is CC(C)(C)CC(OCC1CC1)C(=O)NC(C)(C)C.CC(C)(C)CC(OCC1CCCC1)C(=O)NC(C)(C)C.CC(C)(C)NC(=O)C(CC1CCCC1)OCC1CCCC1.CC(C)(C)NC(=O)C(OCC1CC1)C(C)(C)C.CC(C)C(OCC1CC1)C(=O)NC(C)(C)C.CC1CC1CC(OCC1CC1)C(=O)NC(C)(C)C. The van der Waals surface area contributed by atoms with Gasteiger partial charge in [-0.2, -0.15) is 0 Å². The third-order valence-corrected chi connectivity index (χ3v) is 20.3. The van der Waals surface area contributed by atoms with Crippen LogP contribution in [-0.4, -0.2) is 145 Å². The first-order valence-electron chi connectivity index (χ1n) is 43.9. The molecule has 6 amide bonds. The van der Waals surface area contributed by atoms with E-state index in [1.165, 1.54) is 135 Å². The fourth-order valence-electron chi connectivity index (χ4n) is 13.6. The van der Waals surface area contributed by atoms with Gasteiger partial charge in [-0.15, -0.1) is 0 Å². The van der Waals surface area contributed by atoms with Gasteiger partial charge >= 0.3 is 0 Å². The van der Waals surface area contributed by atoms with Crippen molar-refractivity contribution in [3.8, 4) is 0 Å². The lowest BCUT2D eigenvalue weighted by Gasteiger charge is -2.32. The Labute approximate surface area is 674 Å². The molecule has 0 aromatic heterocycles. The van der Waals surface area contributed by atoms with Crippen molar-refractivity contribution >= 4 is 35.4 Å². The molecule has 0 spiro atoms.